The molecular formula is C14H10BrCl2FO. The van der Waals surface area contributed by atoms with Crippen molar-refractivity contribution in [2.45, 2.75) is 5.38 Å². The molecular weight excluding hydrogens is 354 g/mol. The van der Waals surface area contributed by atoms with E-state index in [1.54, 1.807) is 37.4 Å². The van der Waals surface area contributed by atoms with Crippen LogP contribution in [0, 0.1) is 5.82 Å². The van der Waals surface area contributed by atoms with Gasteiger partial charge in [-0.2, -0.15) is 0 Å². The molecule has 0 saturated carbocycles. The molecule has 2 rings (SSSR count). The monoisotopic (exact) mass is 362 g/mol. The molecule has 2 aromatic carbocycles. The van der Waals surface area contributed by atoms with Crippen LogP contribution in [0.1, 0.15) is 16.5 Å². The average Bonchev–Trinajstić information content (AvgIpc) is 2.41. The molecule has 0 aromatic heterocycles. The van der Waals surface area contributed by atoms with E-state index in [1.807, 2.05) is 0 Å². The summed E-state index contributed by atoms with van der Waals surface area (Å²) >= 11 is 15.6. The van der Waals surface area contributed by atoms with Gasteiger partial charge in [-0.25, -0.2) is 4.39 Å². The van der Waals surface area contributed by atoms with Crippen LogP contribution < -0.4 is 4.74 Å². The maximum Gasteiger partial charge on any atom is 0.137 e. The van der Waals surface area contributed by atoms with E-state index < -0.39 is 5.38 Å². The van der Waals surface area contributed by atoms with Crippen molar-refractivity contribution in [2.75, 3.05) is 7.11 Å². The fraction of sp³-hybridized carbons (Fsp3) is 0.143. The van der Waals surface area contributed by atoms with Crippen molar-refractivity contribution >= 4 is 39.1 Å². The second kappa shape index (κ2) is 6.12. The molecule has 0 bridgehead atoms. The van der Waals surface area contributed by atoms with Gasteiger partial charge < -0.3 is 4.74 Å². The zero-order valence-corrected chi connectivity index (χ0v) is 13.1. The normalized spacial score (nSPS) is 12.3. The number of benzene rings is 2. The highest BCUT2D eigenvalue weighted by molar-refractivity contribution is 9.10. The highest BCUT2D eigenvalue weighted by Gasteiger charge is 2.16. The Hall–Kier alpha value is -0.770. The summed E-state index contributed by atoms with van der Waals surface area (Å²) < 4.78 is 19.0. The maximum atomic E-state index is 13.5. The van der Waals surface area contributed by atoms with Gasteiger partial charge >= 0.3 is 0 Å². The predicted molar refractivity (Wildman–Crippen MR) is 79.8 cm³/mol. The van der Waals surface area contributed by atoms with E-state index in [-0.39, 0.29) is 5.82 Å². The molecule has 0 spiro atoms. The Morgan fingerprint density at radius 2 is 1.95 bits per heavy atom. The van der Waals surface area contributed by atoms with Crippen LogP contribution in [0.15, 0.2) is 40.9 Å². The summed E-state index contributed by atoms with van der Waals surface area (Å²) in [5.41, 5.74) is 1.36. The highest BCUT2D eigenvalue weighted by atomic mass is 79.9. The van der Waals surface area contributed by atoms with Gasteiger partial charge in [0.1, 0.15) is 11.6 Å². The van der Waals surface area contributed by atoms with Gasteiger partial charge in [-0.05, 0) is 51.3 Å². The lowest BCUT2D eigenvalue weighted by molar-refractivity contribution is 0.414. The molecule has 5 heteroatoms. The molecule has 100 valence electrons. The Kier molecular flexibility index (Phi) is 4.71. The Labute approximate surface area is 129 Å². The van der Waals surface area contributed by atoms with Crippen LogP contribution in [-0.2, 0) is 0 Å². The summed E-state index contributed by atoms with van der Waals surface area (Å²) in [5, 5.41) is -0.0244. The van der Waals surface area contributed by atoms with Gasteiger partial charge in [-0.15, -0.1) is 11.6 Å². The van der Waals surface area contributed by atoms with Crippen molar-refractivity contribution in [1.82, 2.24) is 0 Å². The number of ether oxygens (including phenoxy) is 1. The molecule has 0 fully saturated rings. The van der Waals surface area contributed by atoms with Crippen LogP contribution in [0.3, 0.4) is 0 Å². The lowest BCUT2D eigenvalue weighted by Gasteiger charge is -2.13. The molecule has 2 aromatic rings. The van der Waals surface area contributed by atoms with Crippen LogP contribution in [0.5, 0.6) is 5.75 Å². The molecule has 0 aliphatic heterocycles. The number of hydrogen-bond acceptors (Lipinski definition) is 1. The summed E-state index contributed by atoms with van der Waals surface area (Å²) in [5.74, 6) is 0.299. The van der Waals surface area contributed by atoms with Crippen LogP contribution >= 0.6 is 39.1 Å². The molecule has 19 heavy (non-hydrogen) atoms. The third-order valence-electron chi connectivity index (χ3n) is 2.72. The summed E-state index contributed by atoms with van der Waals surface area (Å²) in [6, 6.07) is 10.00. The summed E-state index contributed by atoms with van der Waals surface area (Å²) in [7, 11) is 1.56. The summed E-state index contributed by atoms with van der Waals surface area (Å²) in [4.78, 5) is 0. The Morgan fingerprint density at radius 3 is 2.53 bits per heavy atom. The van der Waals surface area contributed by atoms with Gasteiger partial charge in [0, 0.05) is 5.02 Å². The SMILES string of the molecule is COc1ccc(C(Cl)c2ccc(Br)c(F)c2)c(Cl)c1. The van der Waals surface area contributed by atoms with Crippen LogP contribution in [0.25, 0.3) is 0 Å². The van der Waals surface area contributed by atoms with E-state index >= 15 is 0 Å². The predicted octanol–water partition coefficient (Wildman–Crippen LogP) is 5.58. The minimum Gasteiger partial charge on any atom is -0.497 e. The van der Waals surface area contributed by atoms with Crippen LogP contribution in [0.4, 0.5) is 4.39 Å². The van der Waals surface area contributed by atoms with Gasteiger partial charge in [0.25, 0.3) is 0 Å². The molecule has 0 saturated heterocycles. The van der Waals surface area contributed by atoms with Gasteiger partial charge in [0.2, 0.25) is 0 Å². The second-order valence-corrected chi connectivity index (χ2v) is 5.62. The first-order valence-electron chi connectivity index (χ1n) is 5.45. The average molecular weight is 364 g/mol. The quantitative estimate of drug-likeness (QED) is 0.647. The zero-order chi connectivity index (χ0) is 14.0. The molecule has 1 nitrogen and oxygen atoms in total. The summed E-state index contributed by atoms with van der Waals surface area (Å²) in [6.07, 6.45) is 0. The van der Waals surface area contributed by atoms with Gasteiger partial charge in [-0.1, -0.05) is 23.7 Å². The fourth-order valence-corrected chi connectivity index (χ4v) is 2.60. The van der Waals surface area contributed by atoms with Gasteiger partial charge in [0.05, 0.1) is 17.0 Å². The maximum absolute atomic E-state index is 13.5. The molecule has 0 N–H and O–H groups in total. The lowest BCUT2D eigenvalue weighted by Crippen LogP contribution is -1.96. The molecule has 0 heterocycles. The van der Waals surface area contributed by atoms with Crippen molar-refractivity contribution in [1.29, 1.82) is 0 Å². The molecule has 1 unspecified atom stereocenters. The van der Waals surface area contributed by atoms with E-state index in [1.165, 1.54) is 6.07 Å². The second-order valence-electron chi connectivity index (χ2n) is 3.92. The van der Waals surface area contributed by atoms with E-state index in [2.05, 4.69) is 15.9 Å². The van der Waals surface area contributed by atoms with E-state index in [4.69, 9.17) is 27.9 Å². The van der Waals surface area contributed by atoms with Gasteiger partial charge in [-0.3, -0.25) is 0 Å². The van der Waals surface area contributed by atoms with E-state index in [0.29, 0.717) is 26.4 Å². The largest absolute Gasteiger partial charge is 0.497 e. The summed E-state index contributed by atoms with van der Waals surface area (Å²) in [6.45, 7) is 0. The number of rotatable bonds is 3. The first-order valence-corrected chi connectivity index (χ1v) is 7.06. The van der Waals surface area contributed by atoms with Crippen LogP contribution in [0.2, 0.25) is 5.02 Å². The van der Waals surface area contributed by atoms with Crippen molar-refractivity contribution < 1.29 is 9.13 Å². The number of halogens is 4. The highest BCUT2D eigenvalue weighted by Crippen LogP contribution is 2.36. The van der Waals surface area contributed by atoms with E-state index in [0.717, 1.165) is 0 Å². The Balaban J connectivity index is 2.38. The lowest BCUT2D eigenvalue weighted by atomic mass is 10.0. The number of hydrogen-bond donors (Lipinski definition) is 0. The number of methoxy groups -OCH3 is 1. The Morgan fingerprint density at radius 1 is 1.21 bits per heavy atom. The standard InChI is InChI=1S/C14H10BrCl2FO/c1-19-9-3-4-10(12(16)7-9)14(17)8-2-5-11(15)13(18)6-8/h2-7,14H,1H3. The van der Waals surface area contributed by atoms with Crippen molar-refractivity contribution in [3.05, 3.63) is 62.8 Å². The first-order chi connectivity index (χ1) is 9.02. The molecule has 0 aliphatic carbocycles. The zero-order valence-electron chi connectivity index (χ0n) is 9.96. The minimum atomic E-state index is -0.513. The third-order valence-corrected chi connectivity index (χ3v) is 4.17. The Bertz CT molecular complexity index is 604. The smallest absolute Gasteiger partial charge is 0.137 e. The van der Waals surface area contributed by atoms with Crippen molar-refractivity contribution in [3.63, 3.8) is 0 Å². The topological polar surface area (TPSA) is 9.23 Å². The van der Waals surface area contributed by atoms with Crippen LogP contribution in [-0.4, -0.2) is 7.11 Å². The number of alkyl halides is 1. The molecule has 0 radical (unpaired) electrons. The molecule has 1 atom stereocenters. The van der Waals surface area contributed by atoms with Crippen molar-refractivity contribution in [2.24, 2.45) is 0 Å². The molecule has 0 aliphatic rings. The fourth-order valence-electron chi connectivity index (χ4n) is 1.69. The minimum absolute atomic E-state index is 0.354. The van der Waals surface area contributed by atoms with Gasteiger partial charge in [0.15, 0.2) is 0 Å². The third kappa shape index (κ3) is 3.22. The van der Waals surface area contributed by atoms with E-state index in [9.17, 15) is 4.39 Å². The first kappa shape index (κ1) is 14.6. The van der Waals surface area contributed by atoms with Crippen molar-refractivity contribution in [3.8, 4) is 5.75 Å². The molecule has 0 amide bonds.